The molecule has 0 bridgehead atoms. The number of methoxy groups -OCH3 is 1. The van der Waals surface area contributed by atoms with Crippen molar-refractivity contribution in [3.63, 3.8) is 0 Å². The predicted octanol–water partition coefficient (Wildman–Crippen LogP) is 4.27. The van der Waals surface area contributed by atoms with Gasteiger partial charge in [-0.05, 0) is 49.2 Å². The number of carbonyl (C=O) groups is 1. The van der Waals surface area contributed by atoms with Crippen molar-refractivity contribution in [2.24, 2.45) is 0 Å². The monoisotopic (exact) mass is 516 g/mol. The average Bonchev–Trinajstić information content (AvgIpc) is 3.29. The first-order valence-corrected chi connectivity index (χ1v) is 11.9. The van der Waals surface area contributed by atoms with E-state index in [0.717, 1.165) is 28.8 Å². The second kappa shape index (κ2) is 9.88. The van der Waals surface area contributed by atoms with Gasteiger partial charge in [0, 0.05) is 36.4 Å². The highest BCUT2D eigenvalue weighted by Gasteiger charge is 2.36. The van der Waals surface area contributed by atoms with Crippen LogP contribution < -0.4 is 5.73 Å². The molecule has 0 radical (unpaired) electrons. The zero-order chi connectivity index (χ0) is 26.3. The fourth-order valence-corrected chi connectivity index (χ4v) is 5.05. The first-order valence-electron chi connectivity index (χ1n) is 11.9. The van der Waals surface area contributed by atoms with E-state index in [-0.39, 0.29) is 24.6 Å². The minimum absolute atomic E-state index is 0.0117. The van der Waals surface area contributed by atoms with Crippen LogP contribution in [0.25, 0.3) is 10.9 Å². The third kappa shape index (κ3) is 4.86. The number of carbonyl (C=O) groups excluding carboxylic acids is 1. The summed E-state index contributed by atoms with van der Waals surface area (Å²) in [5.41, 5.74) is 8.44. The second-order valence-corrected chi connectivity index (χ2v) is 9.25. The third-order valence-corrected chi connectivity index (χ3v) is 7.01. The maximum absolute atomic E-state index is 14.0. The van der Waals surface area contributed by atoms with Crippen LogP contribution in [0.4, 0.5) is 19.0 Å². The van der Waals surface area contributed by atoms with E-state index >= 15 is 0 Å². The van der Waals surface area contributed by atoms with Crippen LogP contribution in [0.15, 0.2) is 36.5 Å². The number of nitrogen functional groups attached to an aromatic ring is 1. The van der Waals surface area contributed by atoms with Crippen molar-refractivity contribution in [3.05, 3.63) is 64.5 Å². The molecule has 1 saturated heterocycles. The molecule has 4 heterocycles. The number of hydrogen-bond acceptors (Lipinski definition) is 7. The summed E-state index contributed by atoms with van der Waals surface area (Å²) in [7, 11) is 1.54. The molecule has 8 nitrogen and oxygen atoms in total. The topological polar surface area (TPSA) is 99.8 Å². The summed E-state index contributed by atoms with van der Waals surface area (Å²) in [5, 5.41) is 0.780. The van der Waals surface area contributed by atoms with Crippen molar-refractivity contribution in [3.8, 4) is 0 Å². The quantitative estimate of drug-likeness (QED) is 0.541. The molecule has 2 N–H and O–H groups in total. The molecule has 3 atom stereocenters. The van der Waals surface area contributed by atoms with Crippen molar-refractivity contribution in [2.75, 3.05) is 26.1 Å². The minimum atomic E-state index is -4.49. The number of amides is 1. The molecule has 5 rings (SSSR count). The lowest BCUT2D eigenvalue weighted by Gasteiger charge is -2.39. The van der Waals surface area contributed by atoms with Gasteiger partial charge in [-0.25, -0.2) is 4.98 Å². The van der Waals surface area contributed by atoms with E-state index in [1.165, 1.54) is 6.07 Å². The Bertz CT molecular complexity index is 1320. The van der Waals surface area contributed by atoms with Crippen LogP contribution >= 0.6 is 0 Å². The van der Waals surface area contributed by atoms with Gasteiger partial charge in [0.05, 0.1) is 48.7 Å². The normalized spacial score (nSPS) is 21.7. The number of halogens is 3. The van der Waals surface area contributed by atoms with E-state index < -0.39 is 17.8 Å². The molecule has 2 aromatic heterocycles. The van der Waals surface area contributed by atoms with Crippen molar-refractivity contribution >= 4 is 22.6 Å². The Balaban J connectivity index is 1.52. The fraction of sp³-hybridized carbons (Fsp3) is 0.423. The van der Waals surface area contributed by atoms with E-state index in [2.05, 4.69) is 9.97 Å². The standard InChI is InChI=1S/C26H27F3N4O4/c1-14-23-19(12-37-14)18-9-15(3-6-20(18)32-24(23)30)25(34)33(21-7-8-36-13-22(21)35-2)11-17-5-4-16(10-31-17)26(27,28)29/h3-6,9-10,14,21-22H,7-8,11-13H2,1-2H3,(H2,30,32)/t14-,21-,22-/m1/s1. The van der Waals surface area contributed by atoms with E-state index in [4.69, 9.17) is 19.9 Å². The summed E-state index contributed by atoms with van der Waals surface area (Å²) in [4.78, 5) is 24.0. The number of alkyl halides is 3. The first-order chi connectivity index (χ1) is 17.7. The number of pyridine rings is 2. The zero-order valence-corrected chi connectivity index (χ0v) is 20.4. The maximum Gasteiger partial charge on any atom is 0.417 e. The minimum Gasteiger partial charge on any atom is -0.383 e. The van der Waals surface area contributed by atoms with Crippen molar-refractivity contribution < 1.29 is 32.2 Å². The van der Waals surface area contributed by atoms with Gasteiger partial charge in [0.2, 0.25) is 0 Å². The summed E-state index contributed by atoms with van der Waals surface area (Å²) in [6.45, 7) is 3.01. The Morgan fingerprint density at radius 1 is 1.27 bits per heavy atom. The van der Waals surface area contributed by atoms with E-state index in [0.29, 0.717) is 48.8 Å². The highest BCUT2D eigenvalue weighted by Crippen LogP contribution is 2.38. The Morgan fingerprint density at radius 2 is 2.08 bits per heavy atom. The maximum atomic E-state index is 14.0. The molecule has 0 saturated carbocycles. The molecular weight excluding hydrogens is 489 g/mol. The number of anilines is 1. The van der Waals surface area contributed by atoms with Crippen LogP contribution in [0.1, 0.15) is 52.2 Å². The Morgan fingerprint density at radius 3 is 2.78 bits per heavy atom. The number of nitrogens with two attached hydrogens (primary N) is 1. The van der Waals surface area contributed by atoms with Crippen LogP contribution in [0.3, 0.4) is 0 Å². The van der Waals surface area contributed by atoms with Crippen molar-refractivity contribution in [2.45, 2.75) is 50.9 Å². The summed E-state index contributed by atoms with van der Waals surface area (Å²) in [5.74, 6) is 0.113. The number of rotatable bonds is 5. The van der Waals surface area contributed by atoms with Crippen molar-refractivity contribution in [1.29, 1.82) is 0 Å². The van der Waals surface area contributed by atoms with Gasteiger partial charge in [-0.15, -0.1) is 0 Å². The molecule has 0 spiro atoms. The lowest BCUT2D eigenvalue weighted by atomic mass is 9.98. The van der Waals surface area contributed by atoms with E-state index in [9.17, 15) is 18.0 Å². The highest BCUT2D eigenvalue weighted by atomic mass is 19.4. The summed E-state index contributed by atoms with van der Waals surface area (Å²) in [6.07, 6.45) is -3.79. The number of fused-ring (bicyclic) bond motifs is 3. The molecule has 37 heavy (non-hydrogen) atoms. The number of nitrogens with zero attached hydrogens (tertiary/aromatic N) is 3. The lowest BCUT2D eigenvalue weighted by molar-refractivity contribution is -0.137. The molecular formula is C26H27F3N4O4. The van der Waals surface area contributed by atoms with Gasteiger partial charge < -0.3 is 24.8 Å². The van der Waals surface area contributed by atoms with Gasteiger partial charge in [-0.3, -0.25) is 9.78 Å². The van der Waals surface area contributed by atoms with Gasteiger partial charge in [0.1, 0.15) is 11.9 Å². The largest absolute Gasteiger partial charge is 0.417 e. The molecule has 196 valence electrons. The number of ether oxygens (including phenoxy) is 3. The molecule has 2 aliphatic heterocycles. The molecule has 11 heteroatoms. The Labute approximate surface area is 211 Å². The molecule has 1 amide bonds. The number of benzene rings is 1. The Kier molecular flexibility index (Phi) is 6.78. The predicted molar refractivity (Wildman–Crippen MR) is 128 cm³/mol. The van der Waals surface area contributed by atoms with Crippen LogP contribution in [0, 0.1) is 0 Å². The zero-order valence-electron chi connectivity index (χ0n) is 20.4. The van der Waals surface area contributed by atoms with Gasteiger partial charge in [-0.1, -0.05) is 0 Å². The van der Waals surface area contributed by atoms with Crippen LogP contribution in [0.5, 0.6) is 0 Å². The molecule has 2 aliphatic rings. The average molecular weight is 517 g/mol. The number of aromatic nitrogens is 2. The SMILES string of the molecule is CO[C@@H]1COCC[C@H]1N(Cc1ccc(C(F)(F)F)cn1)C(=O)c1ccc2nc(N)c3c(c2c1)CO[C@@H]3C. The fourth-order valence-electron chi connectivity index (χ4n) is 5.05. The lowest BCUT2D eigenvalue weighted by Crippen LogP contribution is -2.52. The highest BCUT2D eigenvalue weighted by molar-refractivity contribution is 5.99. The molecule has 1 aromatic carbocycles. The molecule has 0 aliphatic carbocycles. The van der Waals surface area contributed by atoms with Crippen LogP contribution in [-0.2, 0) is 33.5 Å². The summed E-state index contributed by atoms with van der Waals surface area (Å²) in [6, 6.07) is 7.11. The van der Waals surface area contributed by atoms with Gasteiger partial charge in [0.15, 0.2) is 0 Å². The smallest absolute Gasteiger partial charge is 0.383 e. The van der Waals surface area contributed by atoms with Crippen LogP contribution in [0.2, 0.25) is 0 Å². The van der Waals surface area contributed by atoms with Crippen LogP contribution in [-0.4, -0.2) is 53.2 Å². The summed E-state index contributed by atoms with van der Waals surface area (Å²) < 4.78 is 56.0. The second-order valence-electron chi connectivity index (χ2n) is 9.25. The number of hydrogen-bond donors (Lipinski definition) is 1. The first kappa shape index (κ1) is 25.4. The van der Waals surface area contributed by atoms with Gasteiger partial charge in [0.25, 0.3) is 5.91 Å². The molecule has 1 fully saturated rings. The molecule has 0 unspecified atom stereocenters. The Hall–Kier alpha value is -3.28. The van der Waals surface area contributed by atoms with E-state index in [1.807, 2.05) is 6.92 Å². The molecule has 3 aromatic rings. The third-order valence-electron chi connectivity index (χ3n) is 7.01. The summed E-state index contributed by atoms with van der Waals surface area (Å²) >= 11 is 0. The van der Waals surface area contributed by atoms with Gasteiger partial charge >= 0.3 is 6.18 Å². The van der Waals surface area contributed by atoms with Gasteiger partial charge in [-0.2, -0.15) is 13.2 Å². The van der Waals surface area contributed by atoms with Crippen molar-refractivity contribution in [1.82, 2.24) is 14.9 Å². The van der Waals surface area contributed by atoms with E-state index in [1.54, 1.807) is 30.2 Å².